The molecule has 1 aromatic rings. The predicted octanol–water partition coefficient (Wildman–Crippen LogP) is 3.32. The van der Waals surface area contributed by atoms with Gasteiger partial charge in [0, 0.05) is 6.54 Å². The smallest absolute Gasteiger partial charge is 0.326 e. The van der Waals surface area contributed by atoms with Crippen molar-refractivity contribution in [3.63, 3.8) is 0 Å². The van der Waals surface area contributed by atoms with E-state index in [0.29, 0.717) is 6.54 Å². The summed E-state index contributed by atoms with van der Waals surface area (Å²) in [6, 6.07) is 3.97. The van der Waals surface area contributed by atoms with Gasteiger partial charge in [0.15, 0.2) is 0 Å². The molecule has 0 aliphatic carbocycles. The first-order chi connectivity index (χ1) is 9.43. The minimum atomic E-state index is -0.983. The van der Waals surface area contributed by atoms with Crippen LogP contribution in [-0.2, 0) is 4.79 Å². The number of hydrogen-bond donors (Lipinski definition) is 1. The van der Waals surface area contributed by atoms with Crippen LogP contribution in [0.2, 0.25) is 10.0 Å². The third-order valence-corrected chi connectivity index (χ3v) is 4.45. The number of carbonyl (C=O) groups excluding carboxylic acids is 1. The highest BCUT2D eigenvalue weighted by Gasteiger charge is 2.37. The van der Waals surface area contributed by atoms with E-state index in [-0.39, 0.29) is 27.4 Å². The number of rotatable bonds is 2. The molecule has 1 N–H and O–H groups in total. The van der Waals surface area contributed by atoms with Crippen molar-refractivity contribution in [2.45, 2.75) is 25.8 Å². The number of halogens is 2. The molecular formula is C14H15Cl2NO3. The Bertz CT molecular complexity index is 547. The molecule has 2 rings (SSSR count). The Kier molecular flexibility index (Phi) is 4.55. The van der Waals surface area contributed by atoms with Gasteiger partial charge in [-0.25, -0.2) is 4.79 Å². The average Bonchev–Trinajstić information content (AvgIpc) is 2.40. The lowest BCUT2D eigenvalue weighted by atomic mass is 9.90. The van der Waals surface area contributed by atoms with E-state index in [1.54, 1.807) is 18.2 Å². The predicted molar refractivity (Wildman–Crippen MR) is 77.3 cm³/mol. The van der Waals surface area contributed by atoms with Crippen LogP contribution in [0, 0.1) is 5.92 Å². The van der Waals surface area contributed by atoms with E-state index in [1.807, 2.05) is 6.92 Å². The summed E-state index contributed by atoms with van der Waals surface area (Å²) in [6.45, 7) is 2.26. The maximum absolute atomic E-state index is 12.6. The zero-order valence-corrected chi connectivity index (χ0v) is 12.5. The molecule has 6 heteroatoms. The van der Waals surface area contributed by atoms with Crippen LogP contribution in [0.15, 0.2) is 18.2 Å². The lowest BCUT2D eigenvalue weighted by Crippen LogP contribution is -2.52. The molecule has 20 heavy (non-hydrogen) atoms. The summed E-state index contributed by atoms with van der Waals surface area (Å²) in [5, 5.41) is 9.80. The van der Waals surface area contributed by atoms with Crippen molar-refractivity contribution in [1.82, 2.24) is 4.90 Å². The first-order valence-corrected chi connectivity index (χ1v) is 7.17. The summed E-state index contributed by atoms with van der Waals surface area (Å²) in [6.07, 6.45) is 1.58. The van der Waals surface area contributed by atoms with Crippen molar-refractivity contribution >= 4 is 35.1 Å². The van der Waals surface area contributed by atoms with Gasteiger partial charge in [-0.2, -0.15) is 0 Å². The molecule has 1 saturated heterocycles. The molecule has 0 spiro atoms. The number of nitrogens with zero attached hydrogens (tertiary/aromatic N) is 1. The minimum absolute atomic E-state index is 0.0804. The van der Waals surface area contributed by atoms with Crippen molar-refractivity contribution in [3.05, 3.63) is 33.8 Å². The topological polar surface area (TPSA) is 57.6 Å². The lowest BCUT2D eigenvalue weighted by molar-refractivity contribution is -0.145. The standard InChI is InChI=1S/C14H15Cl2NO3/c1-8-4-3-7-17(12(8)14(19)20)13(18)9-5-2-6-10(15)11(9)16/h2,5-6,8,12H,3-4,7H2,1H3,(H,19,20). The van der Waals surface area contributed by atoms with Crippen LogP contribution in [0.4, 0.5) is 0 Å². The van der Waals surface area contributed by atoms with E-state index >= 15 is 0 Å². The fourth-order valence-electron chi connectivity index (χ4n) is 2.62. The number of aliphatic carboxylic acids is 1. The molecule has 1 aromatic carbocycles. The fraction of sp³-hybridized carbons (Fsp3) is 0.429. The molecule has 0 saturated carbocycles. The van der Waals surface area contributed by atoms with Crippen LogP contribution in [0.3, 0.4) is 0 Å². The molecular weight excluding hydrogens is 301 g/mol. The molecule has 1 amide bonds. The van der Waals surface area contributed by atoms with Gasteiger partial charge >= 0.3 is 5.97 Å². The number of likely N-dealkylation sites (tertiary alicyclic amines) is 1. The SMILES string of the molecule is CC1CCCN(C(=O)c2cccc(Cl)c2Cl)C1C(=O)O. The summed E-state index contributed by atoms with van der Waals surface area (Å²) < 4.78 is 0. The summed E-state index contributed by atoms with van der Waals surface area (Å²) in [5.74, 6) is -1.44. The van der Waals surface area contributed by atoms with Crippen molar-refractivity contribution < 1.29 is 14.7 Å². The Balaban J connectivity index is 2.35. The van der Waals surface area contributed by atoms with E-state index < -0.39 is 12.0 Å². The van der Waals surface area contributed by atoms with Gasteiger partial charge < -0.3 is 10.0 Å². The van der Waals surface area contributed by atoms with E-state index in [2.05, 4.69) is 0 Å². The summed E-state index contributed by atoms with van der Waals surface area (Å²) in [4.78, 5) is 25.3. The van der Waals surface area contributed by atoms with Gasteiger partial charge in [0.2, 0.25) is 0 Å². The maximum atomic E-state index is 12.6. The monoisotopic (exact) mass is 315 g/mol. The van der Waals surface area contributed by atoms with Crippen molar-refractivity contribution in [1.29, 1.82) is 0 Å². The molecule has 1 fully saturated rings. The number of piperidine rings is 1. The van der Waals surface area contributed by atoms with Gasteiger partial charge in [-0.3, -0.25) is 4.79 Å². The number of carboxylic acid groups (broad SMARTS) is 1. The summed E-state index contributed by atoms with van der Waals surface area (Å²) >= 11 is 11.9. The zero-order valence-electron chi connectivity index (χ0n) is 11.0. The molecule has 1 aliphatic heterocycles. The second-order valence-corrected chi connectivity index (χ2v) is 5.79. The molecule has 1 heterocycles. The molecule has 0 bridgehead atoms. The first kappa shape index (κ1) is 15.1. The van der Waals surface area contributed by atoms with Gasteiger partial charge in [-0.05, 0) is 30.9 Å². The Morgan fingerprint density at radius 1 is 1.35 bits per heavy atom. The molecule has 4 nitrogen and oxygen atoms in total. The van der Waals surface area contributed by atoms with E-state index in [1.165, 1.54) is 4.90 Å². The van der Waals surface area contributed by atoms with Crippen LogP contribution in [0.25, 0.3) is 0 Å². The second kappa shape index (κ2) is 6.02. The van der Waals surface area contributed by atoms with Crippen molar-refractivity contribution in [3.8, 4) is 0 Å². The van der Waals surface area contributed by atoms with Crippen LogP contribution < -0.4 is 0 Å². The third kappa shape index (κ3) is 2.76. The highest BCUT2D eigenvalue weighted by molar-refractivity contribution is 6.43. The number of carbonyl (C=O) groups is 2. The largest absolute Gasteiger partial charge is 0.480 e. The molecule has 1 aliphatic rings. The summed E-state index contributed by atoms with van der Waals surface area (Å²) in [5.41, 5.74) is 0.250. The van der Waals surface area contributed by atoms with Gasteiger partial charge in [0.05, 0.1) is 15.6 Å². The Labute approximate surface area is 127 Å². The third-order valence-electron chi connectivity index (χ3n) is 3.63. The zero-order chi connectivity index (χ0) is 14.9. The normalized spacial score (nSPS) is 22.6. The highest BCUT2D eigenvalue weighted by Crippen LogP contribution is 2.30. The number of carboxylic acids is 1. The first-order valence-electron chi connectivity index (χ1n) is 6.41. The molecule has 0 radical (unpaired) electrons. The van der Waals surface area contributed by atoms with Crippen LogP contribution in [-0.4, -0.2) is 34.5 Å². The minimum Gasteiger partial charge on any atom is -0.480 e. The second-order valence-electron chi connectivity index (χ2n) is 5.00. The van der Waals surface area contributed by atoms with Gasteiger partial charge in [0.25, 0.3) is 5.91 Å². The molecule has 2 unspecified atom stereocenters. The highest BCUT2D eigenvalue weighted by atomic mass is 35.5. The van der Waals surface area contributed by atoms with Crippen LogP contribution in [0.1, 0.15) is 30.1 Å². The molecule has 2 atom stereocenters. The van der Waals surface area contributed by atoms with E-state index in [0.717, 1.165) is 12.8 Å². The Morgan fingerprint density at radius 2 is 2.05 bits per heavy atom. The number of amides is 1. The maximum Gasteiger partial charge on any atom is 0.326 e. The van der Waals surface area contributed by atoms with Crippen molar-refractivity contribution in [2.75, 3.05) is 6.54 Å². The van der Waals surface area contributed by atoms with E-state index in [9.17, 15) is 14.7 Å². The van der Waals surface area contributed by atoms with Gasteiger partial charge in [-0.15, -0.1) is 0 Å². The number of benzene rings is 1. The van der Waals surface area contributed by atoms with Crippen LogP contribution in [0.5, 0.6) is 0 Å². The summed E-state index contributed by atoms with van der Waals surface area (Å²) in [7, 11) is 0. The lowest BCUT2D eigenvalue weighted by Gasteiger charge is -2.37. The van der Waals surface area contributed by atoms with Crippen LogP contribution >= 0.6 is 23.2 Å². The average molecular weight is 316 g/mol. The quantitative estimate of drug-likeness (QED) is 0.910. The Hall–Kier alpha value is -1.26. The van der Waals surface area contributed by atoms with Gasteiger partial charge in [-0.1, -0.05) is 36.2 Å². The molecule has 0 aromatic heterocycles. The van der Waals surface area contributed by atoms with Gasteiger partial charge in [0.1, 0.15) is 6.04 Å². The molecule has 108 valence electrons. The Morgan fingerprint density at radius 3 is 2.70 bits per heavy atom. The number of hydrogen-bond acceptors (Lipinski definition) is 2. The van der Waals surface area contributed by atoms with E-state index in [4.69, 9.17) is 23.2 Å². The van der Waals surface area contributed by atoms with Crippen molar-refractivity contribution in [2.24, 2.45) is 5.92 Å². The fourth-order valence-corrected chi connectivity index (χ4v) is 3.00.